The number of anilines is 1. The standard InChI is InChI=1S/C20H20F2N4O2/c21-20(22)10-15(20)19(28)26-7-4-11(5-8-26)14-9-16(25-18(27)12-1-2-12)24-17-13(14)3-6-23-17/h3-4,6,9,12,15H,1-2,5,7-8,10H2,(H2,23,24,25,27). The summed E-state index contributed by atoms with van der Waals surface area (Å²) in [7, 11) is 0. The van der Waals surface area contributed by atoms with Crippen LogP contribution in [0.4, 0.5) is 14.6 Å². The molecule has 0 aromatic carbocycles. The smallest absolute Gasteiger partial charge is 0.260 e. The molecule has 2 amide bonds. The van der Waals surface area contributed by atoms with Crippen LogP contribution >= 0.6 is 0 Å². The van der Waals surface area contributed by atoms with E-state index in [-0.39, 0.29) is 18.2 Å². The molecule has 146 valence electrons. The van der Waals surface area contributed by atoms with E-state index in [4.69, 9.17) is 0 Å². The van der Waals surface area contributed by atoms with Crippen molar-refractivity contribution in [3.63, 3.8) is 0 Å². The van der Waals surface area contributed by atoms with Gasteiger partial charge in [0.1, 0.15) is 17.4 Å². The predicted octanol–water partition coefficient (Wildman–Crippen LogP) is 3.18. The first-order valence-corrected chi connectivity index (χ1v) is 9.57. The summed E-state index contributed by atoms with van der Waals surface area (Å²) < 4.78 is 26.4. The second-order valence-corrected chi connectivity index (χ2v) is 7.84. The Kier molecular flexibility index (Phi) is 3.79. The summed E-state index contributed by atoms with van der Waals surface area (Å²) in [5.41, 5.74) is 2.65. The molecule has 0 radical (unpaired) electrons. The average molecular weight is 386 g/mol. The first kappa shape index (κ1) is 17.3. The molecule has 8 heteroatoms. The fourth-order valence-electron chi connectivity index (χ4n) is 3.76. The van der Waals surface area contributed by atoms with Crippen LogP contribution in [-0.2, 0) is 9.59 Å². The molecule has 2 aliphatic carbocycles. The Balaban J connectivity index is 1.38. The number of nitrogens with one attached hydrogen (secondary N) is 2. The number of aromatic nitrogens is 2. The lowest BCUT2D eigenvalue weighted by Crippen LogP contribution is -2.36. The van der Waals surface area contributed by atoms with Crippen molar-refractivity contribution in [3.05, 3.63) is 30.0 Å². The normalized spacial score (nSPS) is 23.4. The Morgan fingerprint density at radius 3 is 2.75 bits per heavy atom. The van der Waals surface area contributed by atoms with Crippen molar-refractivity contribution in [1.29, 1.82) is 0 Å². The second-order valence-electron chi connectivity index (χ2n) is 7.84. The maximum Gasteiger partial charge on any atom is 0.260 e. The Bertz CT molecular complexity index is 1010. The van der Waals surface area contributed by atoms with Gasteiger partial charge >= 0.3 is 0 Å². The number of rotatable bonds is 4. The maximum atomic E-state index is 13.2. The highest BCUT2D eigenvalue weighted by atomic mass is 19.3. The second kappa shape index (κ2) is 6.12. The molecular weight excluding hydrogens is 366 g/mol. The molecule has 2 aromatic rings. The molecule has 2 fully saturated rings. The number of nitrogens with zero attached hydrogens (tertiary/aromatic N) is 2. The van der Waals surface area contributed by atoms with Gasteiger partial charge in [0.15, 0.2) is 0 Å². The fraction of sp³-hybridized carbons (Fsp3) is 0.450. The number of aromatic amines is 1. The van der Waals surface area contributed by atoms with Crippen LogP contribution in [0.1, 0.15) is 31.2 Å². The third-order valence-electron chi connectivity index (χ3n) is 5.72. The lowest BCUT2D eigenvalue weighted by atomic mass is 9.97. The Morgan fingerprint density at radius 1 is 1.32 bits per heavy atom. The van der Waals surface area contributed by atoms with Gasteiger partial charge in [-0.3, -0.25) is 9.59 Å². The van der Waals surface area contributed by atoms with E-state index in [9.17, 15) is 18.4 Å². The molecule has 0 bridgehead atoms. The van der Waals surface area contributed by atoms with Crippen LogP contribution in [0.15, 0.2) is 24.4 Å². The number of carbonyl (C=O) groups excluding carboxylic acids is 2. The molecule has 0 saturated heterocycles. The van der Waals surface area contributed by atoms with Crippen molar-refractivity contribution in [1.82, 2.24) is 14.9 Å². The van der Waals surface area contributed by atoms with Gasteiger partial charge in [0.25, 0.3) is 5.92 Å². The van der Waals surface area contributed by atoms with Crippen LogP contribution in [0, 0.1) is 11.8 Å². The monoisotopic (exact) mass is 386 g/mol. The van der Waals surface area contributed by atoms with Gasteiger partial charge in [-0.1, -0.05) is 6.08 Å². The molecule has 28 heavy (non-hydrogen) atoms. The van der Waals surface area contributed by atoms with Crippen LogP contribution in [0.2, 0.25) is 0 Å². The summed E-state index contributed by atoms with van der Waals surface area (Å²) in [6.07, 6.45) is 5.77. The Morgan fingerprint density at radius 2 is 2.11 bits per heavy atom. The number of hydrogen-bond donors (Lipinski definition) is 2. The van der Waals surface area contributed by atoms with Gasteiger partial charge < -0.3 is 15.2 Å². The van der Waals surface area contributed by atoms with Gasteiger partial charge in [0.05, 0.1) is 0 Å². The highest BCUT2D eigenvalue weighted by molar-refractivity contribution is 5.97. The topological polar surface area (TPSA) is 78.1 Å². The molecule has 2 aromatic heterocycles. The third kappa shape index (κ3) is 3.06. The van der Waals surface area contributed by atoms with E-state index in [0.29, 0.717) is 31.0 Å². The summed E-state index contributed by atoms with van der Waals surface area (Å²) in [6.45, 7) is 0.730. The van der Waals surface area contributed by atoms with Crippen LogP contribution in [0.5, 0.6) is 0 Å². The molecule has 1 aliphatic heterocycles. The number of pyridine rings is 1. The quantitative estimate of drug-likeness (QED) is 0.847. The van der Waals surface area contributed by atoms with Gasteiger partial charge in [0, 0.05) is 37.0 Å². The van der Waals surface area contributed by atoms with Gasteiger partial charge in [-0.05, 0) is 42.5 Å². The van der Waals surface area contributed by atoms with E-state index < -0.39 is 17.7 Å². The SMILES string of the molecule is O=C(Nc1cc(C2=CCN(C(=O)C3CC3(F)F)CC2)c2cc[nH]c2n1)C1CC1. The number of amides is 2. The molecular formula is C20H20F2N4O2. The number of H-pyrrole nitrogens is 1. The highest BCUT2D eigenvalue weighted by Gasteiger charge is 2.62. The number of halogens is 2. The molecule has 5 rings (SSSR count). The van der Waals surface area contributed by atoms with E-state index >= 15 is 0 Å². The minimum atomic E-state index is -2.84. The van der Waals surface area contributed by atoms with E-state index in [2.05, 4.69) is 15.3 Å². The van der Waals surface area contributed by atoms with E-state index in [1.54, 1.807) is 6.20 Å². The fourth-order valence-corrected chi connectivity index (χ4v) is 3.76. The van der Waals surface area contributed by atoms with Gasteiger partial charge in [-0.25, -0.2) is 13.8 Å². The first-order valence-electron chi connectivity index (χ1n) is 9.57. The highest BCUT2D eigenvalue weighted by Crippen LogP contribution is 2.49. The Hall–Kier alpha value is -2.77. The minimum Gasteiger partial charge on any atom is -0.346 e. The summed E-state index contributed by atoms with van der Waals surface area (Å²) >= 11 is 0. The molecule has 1 atom stereocenters. The molecule has 2 saturated carbocycles. The zero-order valence-electron chi connectivity index (χ0n) is 15.2. The van der Waals surface area contributed by atoms with Crippen molar-refractivity contribution in [2.24, 2.45) is 11.8 Å². The van der Waals surface area contributed by atoms with E-state index in [1.807, 2.05) is 18.2 Å². The van der Waals surface area contributed by atoms with Crippen LogP contribution in [0.25, 0.3) is 16.6 Å². The zero-order chi connectivity index (χ0) is 19.5. The molecule has 2 N–H and O–H groups in total. The molecule has 6 nitrogen and oxygen atoms in total. The first-order chi connectivity index (χ1) is 13.4. The van der Waals surface area contributed by atoms with Gasteiger partial charge in [0.2, 0.25) is 11.8 Å². The van der Waals surface area contributed by atoms with Crippen molar-refractivity contribution in [2.45, 2.75) is 31.6 Å². The summed E-state index contributed by atoms with van der Waals surface area (Å²) in [5.74, 6) is -3.87. The maximum absolute atomic E-state index is 13.2. The zero-order valence-corrected chi connectivity index (χ0v) is 15.2. The summed E-state index contributed by atoms with van der Waals surface area (Å²) in [6, 6.07) is 3.78. The molecule has 0 spiro atoms. The van der Waals surface area contributed by atoms with Crippen molar-refractivity contribution < 1.29 is 18.4 Å². The third-order valence-corrected chi connectivity index (χ3v) is 5.72. The number of hydrogen-bond acceptors (Lipinski definition) is 3. The number of alkyl halides is 2. The molecule has 1 unspecified atom stereocenters. The van der Waals surface area contributed by atoms with Crippen molar-refractivity contribution in [2.75, 3.05) is 18.4 Å². The predicted molar refractivity (Wildman–Crippen MR) is 99.7 cm³/mol. The minimum absolute atomic E-state index is 0.0101. The van der Waals surface area contributed by atoms with Crippen molar-refractivity contribution >= 4 is 34.2 Å². The van der Waals surface area contributed by atoms with Gasteiger partial charge in [-0.15, -0.1) is 0 Å². The lowest BCUT2D eigenvalue weighted by molar-refractivity contribution is -0.134. The van der Waals surface area contributed by atoms with Crippen LogP contribution < -0.4 is 5.32 Å². The lowest BCUT2D eigenvalue weighted by Gasteiger charge is -2.27. The molecule has 3 aliphatic rings. The Labute approximate surface area is 160 Å². The van der Waals surface area contributed by atoms with Gasteiger partial charge in [-0.2, -0.15) is 0 Å². The van der Waals surface area contributed by atoms with E-state index in [1.165, 1.54) is 4.90 Å². The number of fused-ring (bicyclic) bond motifs is 1. The number of carbonyl (C=O) groups is 2. The largest absolute Gasteiger partial charge is 0.346 e. The molecule has 3 heterocycles. The average Bonchev–Trinajstić information content (AvgIpc) is 3.58. The van der Waals surface area contributed by atoms with Crippen molar-refractivity contribution in [3.8, 4) is 0 Å². The summed E-state index contributed by atoms with van der Waals surface area (Å²) in [5, 5.41) is 3.81. The van der Waals surface area contributed by atoms with Crippen LogP contribution in [-0.4, -0.2) is 45.7 Å². The summed E-state index contributed by atoms with van der Waals surface area (Å²) in [4.78, 5) is 33.3. The van der Waals surface area contributed by atoms with E-state index in [0.717, 1.165) is 29.4 Å². The van der Waals surface area contributed by atoms with Crippen LogP contribution in [0.3, 0.4) is 0 Å².